The Morgan fingerprint density at radius 2 is 2.10 bits per heavy atom. The van der Waals surface area contributed by atoms with Gasteiger partial charge in [0.15, 0.2) is 0 Å². The molecule has 0 radical (unpaired) electrons. The zero-order valence-corrected chi connectivity index (χ0v) is 12.7. The number of nitrogens with one attached hydrogen (secondary N) is 2. The van der Waals surface area contributed by atoms with Crippen LogP contribution < -0.4 is 10.5 Å². The van der Waals surface area contributed by atoms with Crippen molar-refractivity contribution in [1.29, 1.82) is 0 Å². The molecule has 0 aliphatic carbocycles. The number of hydrogen-bond acceptors (Lipinski definition) is 4. The molecule has 1 unspecified atom stereocenters. The highest BCUT2D eigenvalue weighted by molar-refractivity contribution is 7.89. The van der Waals surface area contributed by atoms with Crippen LogP contribution in [0.2, 0.25) is 10.0 Å². The Bertz CT molecular complexity index is 716. The van der Waals surface area contributed by atoms with Crippen LogP contribution in [0, 0.1) is 0 Å². The lowest BCUT2D eigenvalue weighted by Crippen LogP contribution is -2.27. The number of benzene rings is 1. The third-order valence-corrected chi connectivity index (χ3v) is 5.16. The number of halogens is 2. The first kappa shape index (κ1) is 15.1. The van der Waals surface area contributed by atoms with Gasteiger partial charge >= 0.3 is 0 Å². The predicted molar refractivity (Wildman–Crippen MR) is 78.2 cm³/mol. The van der Waals surface area contributed by atoms with E-state index in [9.17, 15) is 8.42 Å². The fourth-order valence-electron chi connectivity index (χ4n) is 1.62. The lowest BCUT2D eigenvalue weighted by atomic mass is 10.2. The van der Waals surface area contributed by atoms with Crippen molar-refractivity contribution in [2.75, 3.05) is 5.73 Å². The molecule has 4 N–H and O–H groups in total. The first-order valence-electron chi connectivity index (χ1n) is 5.57. The average Bonchev–Trinajstić information content (AvgIpc) is 2.89. The Hall–Kier alpha value is -1.28. The molecule has 0 fully saturated rings. The third-order valence-electron chi connectivity index (χ3n) is 2.73. The van der Waals surface area contributed by atoms with Gasteiger partial charge in [-0.05, 0) is 19.1 Å². The minimum atomic E-state index is -3.82. The van der Waals surface area contributed by atoms with E-state index in [0.29, 0.717) is 5.56 Å². The van der Waals surface area contributed by atoms with Crippen molar-refractivity contribution in [1.82, 2.24) is 14.9 Å². The molecule has 1 aromatic heterocycles. The smallest absolute Gasteiger partial charge is 0.242 e. The van der Waals surface area contributed by atoms with Crippen LogP contribution in [-0.2, 0) is 10.0 Å². The standard InChI is InChI=1S/C11H12Cl2N4O2S/c1-6(7-4-15-16-5-7)17-20(18,19)9-3-2-8(12)11(14)10(9)13/h2-6,17H,14H2,1H3,(H,15,16). The summed E-state index contributed by atoms with van der Waals surface area (Å²) in [6.45, 7) is 1.69. The predicted octanol–water partition coefficient (Wildman–Crippen LogP) is 2.34. The summed E-state index contributed by atoms with van der Waals surface area (Å²) in [4.78, 5) is -0.114. The van der Waals surface area contributed by atoms with Gasteiger partial charge < -0.3 is 5.73 Å². The van der Waals surface area contributed by atoms with E-state index in [1.807, 2.05) is 0 Å². The molecule has 0 amide bonds. The molecule has 108 valence electrons. The molecule has 0 aliphatic rings. The van der Waals surface area contributed by atoms with Crippen LogP contribution >= 0.6 is 23.2 Å². The van der Waals surface area contributed by atoms with Crippen LogP contribution in [0.15, 0.2) is 29.4 Å². The number of rotatable bonds is 4. The molecule has 1 aromatic carbocycles. The number of aromatic nitrogens is 2. The molecule has 0 saturated heterocycles. The summed E-state index contributed by atoms with van der Waals surface area (Å²) in [6.07, 6.45) is 3.13. The van der Waals surface area contributed by atoms with Crippen LogP contribution in [0.3, 0.4) is 0 Å². The van der Waals surface area contributed by atoms with Crippen molar-refractivity contribution >= 4 is 38.9 Å². The summed E-state index contributed by atoms with van der Waals surface area (Å²) in [5.41, 5.74) is 6.37. The van der Waals surface area contributed by atoms with Crippen molar-refractivity contribution in [3.8, 4) is 0 Å². The molecule has 0 saturated carbocycles. The third kappa shape index (κ3) is 2.90. The van der Waals surface area contributed by atoms with Gasteiger partial charge in [-0.1, -0.05) is 23.2 Å². The van der Waals surface area contributed by atoms with Gasteiger partial charge in [-0.15, -0.1) is 0 Å². The second kappa shape index (κ2) is 5.61. The molecule has 1 heterocycles. The fourth-order valence-corrected chi connectivity index (χ4v) is 3.62. The van der Waals surface area contributed by atoms with Crippen LogP contribution in [0.1, 0.15) is 18.5 Å². The quantitative estimate of drug-likeness (QED) is 0.747. The summed E-state index contributed by atoms with van der Waals surface area (Å²) in [5, 5.41) is 6.49. The van der Waals surface area contributed by atoms with Gasteiger partial charge in [-0.3, -0.25) is 5.10 Å². The molecule has 0 bridgehead atoms. The summed E-state index contributed by atoms with van der Waals surface area (Å²) >= 11 is 11.7. The van der Waals surface area contributed by atoms with Gasteiger partial charge in [-0.2, -0.15) is 5.10 Å². The first-order valence-corrected chi connectivity index (χ1v) is 7.81. The first-order chi connectivity index (χ1) is 9.33. The number of hydrogen-bond donors (Lipinski definition) is 3. The highest BCUT2D eigenvalue weighted by Gasteiger charge is 2.23. The van der Waals surface area contributed by atoms with Crippen LogP contribution in [0.5, 0.6) is 0 Å². The van der Waals surface area contributed by atoms with E-state index in [2.05, 4.69) is 14.9 Å². The van der Waals surface area contributed by atoms with E-state index in [-0.39, 0.29) is 20.6 Å². The van der Waals surface area contributed by atoms with Gasteiger partial charge in [0.2, 0.25) is 10.0 Å². The maximum absolute atomic E-state index is 12.3. The molecule has 6 nitrogen and oxygen atoms in total. The number of anilines is 1. The summed E-state index contributed by atoms with van der Waals surface area (Å²) in [5.74, 6) is 0. The normalized spacial score (nSPS) is 13.3. The van der Waals surface area contributed by atoms with Gasteiger partial charge in [0, 0.05) is 17.8 Å². The molecule has 0 aliphatic heterocycles. The summed E-state index contributed by atoms with van der Waals surface area (Å²) in [7, 11) is -3.82. The number of H-pyrrole nitrogens is 1. The Labute approximate surface area is 126 Å². The van der Waals surface area contributed by atoms with Crippen LogP contribution in [-0.4, -0.2) is 18.6 Å². The topological polar surface area (TPSA) is 101 Å². The van der Waals surface area contributed by atoms with Crippen molar-refractivity contribution in [3.05, 3.63) is 40.1 Å². The molecular formula is C11H12Cl2N4O2S. The number of nitrogen functional groups attached to an aromatic ring is 1. The Balaban J connectivity index is 2.34. The second-order valence-electron chi connectivity index (χ2n) is 4.15. The Morgan fingerprint density at radius 3 is 2.70 bits per heavy atom. The molecule has 20 heavy (non-hydrogen) atoms. The minimum absolute atomic E-state index is 0.0344. The van der Waals surface area contributed by atoms with E-state index in [4.69, 9.17) is 28.9 Å². The number of aromatic amines is 1. The number of nitrogens with two attached hydrogens (primary N) is 1. The highest BCUT2D eigenvalue weighted by Crippen LogP contribution is 2.33. The van der Waals surface area contributed by atoms with Crippen LogP contribution in [0.4, 0.5) is 5.69 Å². The van der Waals surface area contributed by atoms with Gasteiger partial charge in [0.1, 0.15) is 4.90 Å². The zero-order valence-electron chi connectivity index (χ0n) is 10.4. The summed E-state index contributed by atoms with van der Waals surface area (Å²) in [6, 6.07) is 2.23. The van der Waals surface area contributed by atoms with Crippen molar-refractivity contribution in [3.63, 3.8) is 0 Å². The number of sulfonamides is 1. The van der Waals surface area contributed by atoms with Crippen molar-refractivity contribution in [2.45, 2.75) is 17.9 Å². The van der Waals surface area contributed by atoms with Gasteiger partial charge in [0.05, 0.1) is 21.9 Å². The lowest BCUT2D eigenvalue weighted by Gasteiger charge is -2.14. The van der Waals surface area contributed by atoms with E-state index in [1.165, 1.54) is 18.3 Å². The molecule has 0 spiro atoms. The molecule has 1 atom stereocenters. The monoisotopic (exact) mass is 334 g/mol. The number of nitrogens with zero attached hydrogens (tertiary/aromatic N) is 1. The molecular weight excluding hydrogens is 323 g/mol. The Morgan fingerprint density at radius 1 is 1.40 bits per heavy atom. The molecule has 2 rings (SSSR count). The van der Waals surface area contributed by atoms with E-state index in [0.717, 1.165) is 0 Å². The highest BCUT2D eigenvalue weighted by atomic mass is 35.5. The van der Waals surface area contributed by atoms with Gasteiger partial charge in [0.25, 0.3) is 0 Å². The summed E-state index contributed by atoms with van der Waals surface area (Å²) < 4.78 is 27.1. The Kier molecular flexibility index (Phi) is 4.24. The maximum Gasteiger partial charge on any atom is 0.242 e. The SMILES string of the molecule is CC(NS(=O)(=O)c1ccc(Cl)c(N)c1Cl)c1cn[nH]c1. The second-order valence-corrected chi connectivity index (χ2v) is 6.62. The molecule has 9 heteroatoms. The van der Waals surface area contributed by atoms with Gasteiger partial charge in [-0.25, -0.2) is 13.1 Å². The van der Waals surface area contributed by atoms with Crippen LogP contribution in [0.25, 0.3) is 0 Å². The maximum atomic E-state index is 12.3. The van der Waals surface area contributed by atoms with E-state index >= 15 is 0 Å². The zero-order chi connectivity index (χ0) is 14.9. The van der Waals surface area contributed by atoms with E-state index < -0.39 is 16.1 Å². The largest absolute Gasteiger partial charge is 0.396 e. The van der Waals surface area contributed by atoms with Crippen molar-refractivity contribution in [2.24, 2.45) is 0 Å². The molecule has 2 aromatic rings. The minimum Gasteiger partial charge on any atom is -0.396 e. The van der Waals surface area contributed by atoms with E-state index in [1.54, 1.807) is 13.1 Å². The fraction of sp³-hybridized carbons (Fsp3) is 0.182. The average molecular weight is 335 g/mol. The lowest BCUT2D eigenvalue weighted by molar-refractivity contribution is 0.567. The van der Waals surface area contributed by atoms with Crippen molar-refractivity contribution < 1.29 is 8.42 Å².